The molecule has 2 aliphatic rings. The fraction of sp³-hybridized carbons (Fsp3) is 0.909. The van der Waals surface area contributed by atoms with Gasteiger partial charge in [-0.3, -0.25) is 0 Å². The molecule has 1 heteroatoms. The molecular weight excluding hydrogens is 148 g/mol. The van der Waals surface area contributed by atoms with Gasteiger partial charge in [0.15, 0.2) is 0 Å². The molecule has 0 aromatic carbocycles. The first-order valence-corrected chi connectivity index (χ1v) is 5.22. The summed E-state index contributed by atoms with van der Waals surface area (Å²) in [5.41, 5.74) is 0. The van der Waals surface area contributed by atoms with E-state index < -0.39 is 0 Å². The van der Waals surface area contributed by atoms with Crippen molar-refractivity contribution in [3.8, 4) is 0 Å². The monoisotopic (exact) mass is 167 g/mol. The molecule has 0 spiro atoms. The van der Waals surface area contributed by atoms with Crippen molar-refractivity contribution in [2.24, 2.45) is 23.7 Å². The summed E-state index contributed by atoms with van der Waals surface area (Å²) in [7, 11) is 0. The highest BCUT2D eigenvalue weighted by molar-refractivity contribution is 4.94. The predicted octanol–water partition coefficient (Wildman–Crippen LogP) is 2.87. The van der Waals surface area contributed by atoms with Crippen LogP contribution in [0.4, 0.5) is 0 Å². The lowest BCUT2D eigenvalue weighted by Crippen LogP contribution is -2.23. The van der Waals surface area contributed by atoms with E-state index in [1.165, 1.54) is 19.3 Å². The molecule has 0 aliphatic heterocycles. The van der Waals surface area contributed by atoms with E-state index in [1.807, 2.05) is 13.5 Å². The van der Waals surface area contributed by atoms with E-state index in [9.17, 15) is 0 Å². The zero-order valence-electron chi connectivity index (χ0n) is 8.12. The van der Waals surface area contributed by atoms with Crippen LogP contribution >= 0.6 is 0 Å². The van der Waals surface area contributed by atoms with Gasteiger partial charge in [0, 0.05) is 0 Å². The molecule has 12 heavy (non-hydrogen) atoms. The maximum Gasteiger partial charge on any atom is 0.0806 e. The normalized spacial score (nSPS) is 45.5. The van der Waals surface area contributed by atoms with Crippen molar-refractivity contribution in [3.05, 3.63) is 6.61 Å². The Balaban J connectivity index is 1.89. The highest BCUT2D eigenvalue weighted by atomic mass is 16.5. The van der Waals surface area contributed by atoms with Crippen molar-refractivity contribution in [1.82, 2.24) is 0 Å². The lowest BCUT2D eigenvalue weighted by Gasteiger charge is -2.27. The van der Waals surface area contributed by atoms with Gasteiger partial charge >= 0.3 is 0 Å². The second kappa shape index (κ2) is 3.37. The topological polar surface area (TPSA) is 9.23 Å². The van der Waals surface area contributed by atoms with Crippen LogP contribution in [0.2, 0.25) is 0 Å². The van der Waals surface area contributed by atoms with Crippen molar-refractivity contribution in [2.75, 3.05) is 6.61 Å². The molecule has 0 heterocycles. The number of fused-ring (bicyclic) bond motifs is 2. The van der Waals surface area contributed by atoms with Crippen LogP contribution in [0.1, 0.15) is 33.1 Å². The van der Waals surface area contributed by atoms with Crippen molar-refractivity contribution in [3.63, 3.8) is 0 Å². The first kappa shape index (κ1) is 8.55. The fourth-order valence-corrected chi connectivity index (χ4v) is 3.19. The molecule has 0 amide bonds. The van der Waals surface area contributed by atoms with Crippen LogP contribution in [0, 0.1) is 30.3 Å². The molecule has 0 aromatic rings. The third-order valence-electron chi connectivity index (χ3n) is 3.99. The highest BCUT2D eigenvalue weighted by Crippen LogP contribution is 2.51. The average Bonchev–Trinajstić information content (AvgIpc) is 2.62. The van der Waals surface area contributed by atoms with Crippen LogP contribution in [0.5, 0.6) is 0 Å². The van der Waals surface area contributed by atoms with Crippen LogP contribution in [-0.4, -0.2) is 6.61 Å². The van der Waals surface area contributed by atoms with Gasteiger partial charge in [0.25, 0.3) is 0 Å². The van der Waals surface area contributed by atoms with E-state index in [0.717, 1.165) is 30.3 Å². The number of ether oxygens (including phenoxy) is 1. The van der Waals surface area contributed by atoms with Gasteiger partial charge in [-0.2, -0.15) is 0 Å². The second-order valence-electron chi connectivity index (χ2n) is 4.43. The summed E-state index contributed by atoms with van der Waals surface area (Å²) in [6.45, 7) is 7.18. The Morgan fingerprint density at radius 3 is 2.67 bits per heavy atom. The lowest BCUT2D eigenvalue weighted by atomic mass is 9.81. The first-order valence-electron chi connectivity index (χ1n) is 5.22. The molecule has 2 rings (SSSR count). The minimum absolute atomic E-state index is 0.861. The Morgan fingerprint density at radius 2 is 2.08 bits per heavy atom. The van der Waals surface area contributed by atoms with Crippen LogP contribution in [0.3, 0.4) is 0 Å². The molecule has 2 aliphatic carbocycles. The van der Waals surface area contributed by atoms with E-state index >= 15 is 0 Å². The quantitative estimate of drug-likeness (QED) is 0.628. The van der Waals surface area contributed by atoms with E-state index in [1.54, 1.807) is 0 Å². The highest BCUT2D eigenvalue weighted by Gasteiger charge is 2.44. The first-order chi connectivity index (χ1) is 5.83. The molecule has 4 unspecified atom stereocenters. The molecule has 1 nitrogen and oxygen atoms in total. The summed E-state index contributed by atoms with van der Waals surface area (Å²) in [5.74, 6) is 3.80. The predicted molar refractivity (Wildman–Crippen MR) is 49.4 cm³/mol. The van der Waals surface area contributed by atoms with E-state index in [4.69, 9.17) is 4.74 Å². The summed E-state index contributed by atoms with van der Waals surface area (Å²) in [6.07, 6.45) is 4.43. The molecule has 0 saturated heterocycles. The third-order valence-corrected chi connectivity index (χ3v) is 3.99. The smallest absolute Gasteiger partial charge is 0.0806 e. The van der Waals surface area contributed by atoms with Crippen molar-refractivity contribution in [1.29, 1.82) is 0 Å². The zero-order valence-corrected chi connectivity index (χ0v) is 8.12. The van der Waals surface area contributed by atoms with Gasteiger partial charge < -0.3 is 4.74 Å². The van der Waals surface area contributed by atoms with Crippen molar-refractivity contribution >= 4 is 0 Å². The Bertz CT molecular complexity index is 153. The van der Waals surface area contributed by atoms with Crippen molar-refractivity contribution < 1.29 is 4.74 Å². The van der Waals surface area contributed by atoms with Gasteiger partial charge in [0.05, 0.1) is 13.2 Å². The molecule has 2 fully saturated rings. The van der Waals surface area contributed by atoms with E-state index in [-0.39, 0.29) is 0 Å². The Morgan fingerprint density at radius 1 is 1.33 bits per heavy atom. The summed E-state index contributed by atoms with van der Waals surface area (Å²) in [4.78, 5) is 0. The molecule has 0 N–H and O–H groups in total. The summed E-state index contributed by atoms with van der Waals surface area (Å²) < 4.78 is 5.42. The Hall–Kier alpha value is -0.0400. The van der Waals surface area contributed by atoms with Crippen LogP contribution < -0.4 is 0 Å². The van der Waals surface area contributed by atoms with E-state index in [0.29, 0.717) is 0 Å². The van der Waals surface area contributed by atoms with Crippen LogP contribution in [-0.2, 0) is 4.74 Å². The number of rotatable bonds is 3. The minimum Gasteiger partial charge on any atom is -0.376 e. The van der Waals surface area contributed by atoms with Crippen LogP contribution in [0.15, 0.2) is 0 Å². The maximum atomic E-state index is 5.42. The average molecular weight is 167 g/mol. The molecule has 69 valence electrons. The molecular formula is C11H19O. The van der Waals surface area contributed by atoms with Gasteiger partial charge in [-0.1, -0.05) is 6.92 Å². The summed E-state index contributed by atoms with van der Waals surface area (Å²) in [5, 5.41) is 0. The SMILES string of the molecule is C[CH]OCC1C2CCC(C2)C1C. The summed E-state index contributed by atoms with van der Waals surface area (Å²) in [6, 6.07) is 0. The maximum absolute atomic E-state index is 5.42. The third kappa shape index (κ3) is 1.28. The number of hydrogen-bond donors (Lipinski definition) is 0. The molecule has 4 atom stereocenters. The summed E-state index contributed by atoms with van der Waals surface area (Å²) >= 11 is 0. The second-order valence-corrected chi connectivity index (χ2v) is 4.43. The van der Waals surface area contributed by atoms with Crippen molar-refractivity contribution in [2.45, 2.75) is 33.1 Å². The van der Waals surface area contributed by atoms with Gasteiger partial charge in [-0.25, -0.2) is 0 Å². The molecule has 2 saturated carbocycles. The zero-order chi connectivity index (χ0) is 8.55. The van der Waals surface area contributed by atoms with Gasteiger partial charge in [0.1, 0.15) is 0 Å². The standard InChI is InChI=1S/C11H19O/c1-3-12-7-11-8(2)9-4-5-10(11)6-9/h3,8-11H,4-7H2,1-2H3. The van der Waals surface area contributed by atoms with Gasteiger partial charge in [-0.05, 0) is 49.9 Å². The van der Waals surface area contributed by atoms with Crippen LogP contribution in [0.25, 0.3) is 0 Å². The van der Waals surface area contributed by atoms with Gasteiger partial charge in [-0.15, -0.1) is 0 Å². The Kier molecular flexibility index (Phi) is 2.40. The molecule has 1 radical (unpaired) electrons. The lowest BCUT2D eigenvalue weighted by molar-refractivity contribution is 0.0969. The number of hydrogen-bond acceptors (Lipinski definition) is 1. The minimum atomic E-state index is 0.861. The fourth-order valence-electron chi connectivity index (χ4n) is 3.19. The molecule has 2 bridgehead atoms. The Labute approximate surface area is 75.5 Å². The van der Waals surface area contributed by atoms with Gasteiger partial charge in [0.2, 0.25) is 0 Å². The largest absolute Gasteiger partial charge is 0.376 e. The molecule has 0 aromatic heterocycles. The van der Waals surface area contributed by atoms with E-state index in [2.05, 4.69) is 6.92 Å².